The quantitative estimate of drug-likeness (QED) is 0.862. The van der Waals surface area contributed by atoms with Gasteiger partial charge in [-0.15, -0.1) is 0 Å². The van der Waals surface area contributed by atoms with E-state index in [9.17, 15) is 9.59 Å². The van der Waals surface area contributed by atoms with Crippen molar-refractivity contribution in [1.82, 2.24) is 14.5 Å². The number of carbonyl (C=O) groups is 1. The fourth-order valence-corrected chi connectivity index (χ4v) is 1.56. The van der Waals surface area contributed by atoms with Crippen LogP contribution in [0.3, 0.4) is 0 Å². The molecule has 0 aromatic carbocycles. The van der Waals surface area contributed by atoms with E-state index in [4.69, 9.17) is 0 Å². The minimum Gasteiger partial charge on any atom is -0.352 e. The van der Waals surface area contributed by atoms with Gasteiger partial charge < -0.3 is 5.32 Å². The molecule has 1 rings (SSSR count). The van der Waals surface area contributed by atoms with E-state index in [0.717, 1.165) is 0 Å². The molecule has 1 aromatic heterocycles. The van der Waals surface area contributed by atoms with Gasteiger partial charge in [-0.25, -0.2) is 4.79 Å². The van der Waals surface area contributed by atoms with Gasteiger partial charge in [-0.1, -0.05) is 13.8 Å². The summed E-state index contributed by atoms with van der Waals surface area (Å²) in [7, 11) is 0. The van der Waals surface area contributed by atoms with Gasteiger partial charge in [0, 0.05) is 24.5 Å². The van der Waals surface area contributed by atoms with Crippen LogP contribution < -0.4 is 11.0 Å². The van der Waals surface area contributed by atoms with E-state index in [-0.39, 0.29) is 30.2 Å². The van der Waals surface area contributed by atoms with Crippen LogP contribution in [0, 0.1) is 5.92 Å². The van der Waals surface area contributed by atoms with Crippen LogP contribution >= 0.6 is 0 Å². The highest BCUT2D eigenvalue weighted by atomic mass is 16.2. The molecule has 1 unspecified atom stereocenters. The van der Waals surface area contributed by atoms with Gasteiger partial charge in [-0.05, 0) is 26.7 Å². The van der Waals surface area contributed by atoms with Gasteiger partial charge in [-0.2, -0.15) is 0 Å². The molecule has 0 aliphatic heterocycles. The van der Waals surface area contributed by atoms with Crippen LogP contribution in [0.5, 0.6) is 0 Å². The lowest BCUT2D eigenvalue weighted by atomic mass is 10.1. The molecule has 0 aliphatic rings. The second-order valence-corrected chi connectivity index (χ2v) is 5.31. The van der Waals surface area contributed by atoms with E-state index in [1.54, 1.807) is 17.0 Å². The Morgan fingerprint density at radius 2 is 1.83 bits per heavy atom. The molecule has 0 saturated carbocycles. The Bertz CT molecular complexity index is 457. The molecule has 18 heavy (non-hydrogen) atoms. The fraction of sp³-hybridized carbons (Fsp3) is 0.692. The van der Waals surface area contributed by atoms with Gasteiger partial charge >= 0.3 is 5.69 Å². The largest absolute Gasteiger partial charge is 0.352 e. The summed E-state index contributed by atoms with van der Waals surface area (Å²) in [5.74, 6) is 0.255. The summed E-state index contributed by atoms with van der Waals surface area (Å²) in [5.41, 5.74) is -0.141. The first kappa shape index (κ1) is 14.5. The molecular weight excluding hydrogens is 230 g/mol. The Hall–Kier alpha value is -1.52. The lowest BCUT2D eigenvalue weighted by Gasteiger charge is -2.17. The minimum atomic E-state index is -0.141. The number of nitrogens with one attached hydrogen (secondary N) is 1. The Labute approximate surface area is 108 Å². The summed E-state index contributed by atoms with van der Waals surface area (Å²) in [6, 6.07) is 0.219. The van der Waals surface area contributed by atoms with E-state index < -0.39 is 0 Å². The number of amides is 1. The molecule has 1 N–H and O–H groups in total. The molecular formula is C13H23N3O2. The third-order valence-corrected chi connectivity index (χ3v) is 3.13. The van der Waals surface area contributed by atoms with Gasteiger partial charge in [-0.3, -0.25) is 13.9 Å². The van der Waals surface area contributed by atoms with Gasteiger partial charge in [0.2, 0.25) is 5.91 Å². The number of aromatic nitrogens is 2. The monoisotopic (exact) mass is 253 g/mol. The number of rotatable bonds is 5. The molecule has 0 radical (unpaired) electrons. The van der Waals surface area contributed by atoms with Gasteiger partial charge in [0.25, 0.3) is 0 Å². The zero-order valence-corrected chi connectivity index (χ0v) is 11.8. The molecule has 5 nitrogen and oxygen atoms in total. The molecule has 102 valence electrons. The van der Waals surface area contributed by atoms with Crippen LogP contribution in [0.2, 0.25) is 0 Å². The Morgan fingerprint density at radius 1 is 1.22 bits per heavy atom. The topological polar surface area (TPSA) is 56.0 Å². The maximum Gasteiger partial charge on any atom is 0.328 e. The predicted octanol–water partition coefficient (Wildman–Crippen LogP) is 1.39. The van der Waals surface area contributed by atoms with Crippen molar-refractivity contribution in [3.63, 3.8) is 0 Å². The molecule has 1 aromatic rings. The summed E-state index contributed by atoms with van der Waals surface area (Å²) < 4.78 is 3.04. The standard InChI is InChI=1S/C13H23N3O2/c1-9(2)11(5)14-12(17)8-15-6-7-16(10(3)4)13(15)18/h6-7,9-11H,8H2,1-5H3,(H,14,17). The number of hydrogen-bond acceptors (Lipinski definition) is 2. The number of hydrogen-bond donors (Lipinski definition) is 1. The predicted molar refractivity (Wildman–Crippen MR) is 71.5 cm³/mol. The molecule has 1 atom stereocenters. The van der Waals surface area contributed by atoms with E-state index in [0.29, 0.717) is 5.92 Å². The zero-order valence-electron chi connectivity index (χ0n) is 11.8. The molecule has 1 amide bonds. The first-order valence-corrected chi connectivity index (χ1v) is 6.39. The van der Waals surface area contributed by atoms with Crippen LogP contribution in [-0.4, -0.2) is 21.1 Å². The number of carbonyl (C=O) groups excluding carboxylic acids is 1. The van der Waals surface area contributed by atoms with E-state index in [2.05, 4.69) is 5.32 Å². The first-order valence-electron chi connectivity index (χ1n) is 6.39. The fourth-order valence-electron chi connectivity index (χ4n) is 1.56. The van der Waals surface area contributed by atoms with Crippen LogP contribution in [0.25, 0.3) is 0 Å². The Kier molecular flexibility index (Phi) is 4.76. The van der Waals surface area contributed by atoms with Crippen molar-refractivity contribution in [1.29, 1.82) is 0 Å². The lowest BCUT2D eigenvalue weighted by molar-refractivity contribution is -0.122. The van der Waals surface area contributed by atoms with E-state index >= 15 is 0 Å². The van der Waals surface area contributed by atoms with Crippen molar-refractivity contribution in [3.8, 4) is 0 Å². The Balaban J connectivity index is 2.69. The number of imidazole rings is 1. The lowest BCUT2D eigenvalue weighted by Crippen LogP contribution is -2.40. The molecule has 1 heterocycles. The zero-order chi connectivity index (χ0) is 13.9. The van der Waals surface area contributed by atoms with Crippen molar-refractivity contribution < 1.29 is 4.79 Å². The summed E-state index contributed by atoms with van der Waals surface area (Å²) in [6.45, 7) is 10.0. The molecule has 0 bridgehead atoms. The van der Waals surface area contributed by atoms with Crippen molar-refractivity contribution in [2.75, 3.05) is 0 Å². The minimum absolute atomic E-state index is 0.0790. The third kappa shape index (κ3) is 3.48. The average Bonchev–Trinajstić information content (AvgIpc) is 2.60. The summed E-state index contributed by atoms with van der Waals surface area (Å²) in [6.07, 6.45) is 3.37. The van der Waals surface area contributed by atoms with Crippen LogP contribution in [0.1, 0.15) is 40.7 Å². The van der Waals surface area contributed by atoms with E-state index in [1.807, 2.05) is 34.6 Å². The van der Waals surface area contributed by atoms with Crippen LogP contribution in [0.15, 0.2) is 17.2 Å². The SMILES string of the molecule is CC(C)C(C)NC(=O)Cn1ccn(C(C)C)c1=O. The molecule has 0 fully saturated rings. The maximum atomic E-state index is 11.9. The average molecular weight is 253 g/mol. The summed E-state index contributed by atoms with van der Waals surface area (Å²) in [5, 5.41) is 2.89. The van der Waals surface area contributed by atoms with Gasteiger partial charge in [0.15, 0.2) is 0 Å². The van der Waals surface area contributed by atoms with Crippen molar-refractivity contribution >= 4 is 5.91 Å². The van der Waals surface area contributed by atoms with Crippen molar-refractivity contribution in [3.05, 3.63) is 22.9 Å². The summed E-state index contributed by atoms with van der Waals surface area (Å²) >= 11 is 0. The highest BCUT2D eigenvalue weighted by molar-refractivity contribution is 5.76. The molecule has 5 heteroatoms. The first-order chi connectivity index (χ1) is 8.32. The number of nitrogens with zero attached hydrogens (tertiary/aromatic N) is 2. The highest BCUT2D eigenvalue weighted by Gasteiger charge is 2.13. The van der Waals surface area contributed by atoms with Crippen molar-refractivity contribution in [2.24, 2.45) is 5.92 Å². The summed E-state index contributed by atoms with van der Waals surface area (Å²) in [4.78, 5) is 23.7. The molecule has 0 saturated heterocycles. The molecule has 0 spiro atoms. The highest BCUT2D eigenvalue weighted by Crippen LogP contribution is 2.01. The second-order valence-electron chi connectivity index (χ2n) is 5.31. The van der Waals surface area contributed by atoms with Gasteiger partial charge in [0.1, 0.15) is 6.54 Å². The molecule has 0 aliphatic carbocycles. The smallest absolute Gasteiger partial charge is 0.328 e. The van der Waals surface area contributed by atoms with Crippen LogP contribution in [0.4, 0.5) is 0 Å². The second kappa shape index (κ2) is 5.89. The van der Waals surface area contributed by atoms with Gasteiger partial charge in [0.05, 0.1) is 0 Å². The normalized spacial score (nSPS) is 13.1. The third-order valence-electron chi connectivity index (χ3n) is 3.13. The van der Waals surface area contributed by atoms with E-state index in [1.165, 1.54) is 4.57 Å². The van der Waals surface area contributed by atoms with Crippen molar-refractivity contribution in [2.45, 2.75) is 53.2 Å². The van der Waals surface area contributed by atoms with Crippen LogP contribution in [-0.2, 0) is 11.3 Å². The maximum absolute atomic E-state index is 11.9. The Morgan fingerprint density at radius 3 is 2.28 bits per heavy atom.